The van der Waals surface area contributed by atoms with Crippen molar-refractivity contribution in [1.29, 1.82) is 0 Å². The summed E-state index contributed by atoms with van der Waals surface area (Å²) in [6.45, 7) is 11.5. The van der Waals surface area contributed by atoms with Crippen LogP contribution in [0.15, 0.2) is 12.2 Å². The Balaban J connectivity index is 4.35. The van der Waals surface area contributed by atoms with Crippen molar-refractivity contribution in [2.24, 2.45) is 11.3 Å². The van der Waals surface area contributed by atoms with Crippen LogP contribution in [0.1, 0.15) is 34.1 Å². The van der Waals surface area contributed by atoms with Gasteiger partial charge in [-0.3, -0.25) is 4.79 Å². The van der Waals surface area contributed by atoms with Crippen molar-refractivity contribution in [2.45, 2.75) is 34.1 Å². The Hall–Kier alpha value is -0.790. The molecule has 1 N–H and O–H groups in total. The summed E-state index contributed by atoms with van der Waals surface area (Å²) >= 11 is 0. The normalized spacial score (nSPS) is 14.0. The number of aliphatic carboxylic acids is 1. The molecule has 0 rings (SSSR count). The minimum atomic E-state index is -0.766. The lowest BCUT2D eigenvalue weighted by Gasteiger charge is -2.23. The predicted octanol–water partition coefficient (Wildman–Crippen LogP) is 2.70. The van der Waals surface area contributed by atoms with Gasteiger partial charge in [0.1, 0.15) is 0 Å². The van der Waals surface area contributed by atoms with E-state index in [4.69, 9.17) is 5.11 Å². The van der Waals surface area contributed by atoms with Crippen molar-refractivity contribution in [3.05, 3.63) is 12.2 Å². The van der Waals surface area contributed by atoms with Crippen LogP contribution in [-0.4, -0.2) is 11.1 Å². The highest BCUT2D eigenvalue weighted by molar-refractivity contribution is 5.73. The number of hydrogen-bond donors (Lipinski definition) is 1. The van der Waals surface area contributed by atoms with Crippen LogP contribution in [0.2, 0.25) is 0 Å². The van der Waals surface area contributed by atoms with Crippen molar-refractivity contribution >= 4 is 5.97 Å². The minimum Gasteiger partial charge on any atom is -0.481 e. The molecule has 0 heterocycles. The van der Waals surface area contributed by atoms with E-state index in [1.807, 2.05) is 20.8 Å². The zero-order valence-corrected chi connectivity index (χ0v) is 8.35. The van der Waals surface area contributed by atoms with Crippen LogP contribution in [0.5, 0.6) is 0 Å². The Morgan fingerprint density at radius 1 is 1.50 bits per heavy atom. The second kappa shape index (κ2) is 3.74. The molecule has 0 unspecified atom stereocenters. The van der Waals surface area contributed by atoms with Crippen molar-refractivity contribution in [1.82, 2.24) is 0 Å². The minimum absolute atomic E-state index is 0.0437. The van der Waals surface area contributed by atoms with Gasteiger partial charge in [-0.15, -0.1) is 0 Å². The average molecular weight is 170 g/mol. The van der Waals surface area contributed by atoms with E-state index in [1.54, 1.807) is 6.92 Å². The third-order valence-electron chi connectivity index (χ3n) is 1.71. The van der Waals surface area contributed by atoms with Gasteiger partial charge in [0.05, 0.1) is 5.92 Å². The molecule has 0 bridgehead atoms. The fraction of sp³-hybridized carbons (Fsp3) is 0.700. The van der Waals surface area contributed by atoms with Gasteiger partial charge in [0.15, 0.2) is 0 Å². The zero-order chi connectivity index (χ0) is 9.94. The third kappa shape index (κ3) is 4.16. The summed E-state index contributed by atoms with van der Waals surface area (Å²) in [5.41, 5.74) is 0.777. The highest BCUT2D eigenvalue weighted by Crippen LogP contribution is 2.27. The van der Waals surface area contributed by atoms with Gasteiger partial charge in [-0.2, -0.15) is 0 Å². The molecule has 0 saturated heterocycles. The summed E-state index contributed by atoms with van der Waals surface area (Å²) in [7, 11) is 0. The molecule has 1 atom stereocenters. The van der Waals surface area contributed by atoms with Crippen LogP contribution < -0.4 is 0 Å². The summed E-state index contributed by atoms with van der Waals surface area (Å²) in [5, 5.41) is 8.85. The van der Waals surface area contributed by atoms with Crippen molar-refractivity contribution in [3.63, 3.8) is 0 Å². The van der Waals surface area contributed by atoms with Crippen molar-refractivity contribution in [2.75, 3.05) is 0 Å². The fourth-order valence-corrected chi connectivity index (χ4v) is 1.08. The van der Waals surface area contributed by atoms with Gasteiger partial charge in [0.25, 0.3) is 0 Å². The molecule has 2 nitrogen and oxygen atoms in total. The molecule has 0 aromatic carbocycles. The molecule has 0 fully saturated rings. The second-order valence-electron chi connectivity index (χ2n) is 4.50. The van der Waals surface area contributed by atoms with E-state index >= 15 is 0 Å². The number of rotatable bonds is 3. The van der Waals surface area contributed by atoms with Gasteiger partial charge in [0, 0.05) is 0 Å². The van der Waals surface area contributed by atoms with Crippen LogP contribution in [0.25, 0.3) is 0 Å². The van der Waals surface area contributed by atoms with Crippen LogP contribution in [0.3, 0.4) is 0 Å². The smallest absolute Gasteiger partial charge is 0.310 e. The van der Waals surface area contributed by atoms with Crippen molar-refractivity contribution < 1.29 is 9.90 Å². The molecule has 0 aliphatic heterocycles. The lowest BCUT2D eigenvalue weighted by atomic mass is 9.82. The highest BCUT2D eigenvalue weighted by atomic mass is 16.4. The average Bonchev–Trinajstić information content (AvgIpc) is 1.79. The monoisotopic (exact) mass is 170 g/mol. The van der Waals surface area contributed by atoms with E-state index in [2.05, 4.69) is 6.58 Å². The molecule has 0 spiro atoms. The summed E-state index contributed by atoms with van der Waals surface area (Å²) in [6.07, 6.45) is 0.650. The molecular weight excluding hydrogens is 152 g/mol. The molecule has 0 amide bonds. The molecular formula is C10H18O2. The summed E-state index contributed by atoms with van der Waals surface area (Å²) in [6, 6.07) is 0. The van der Waals surface area contributed by atoms with E-state index in [0.29, 0.717) is 6.42 Å². The number of hydrogen-bond acceptors (Lipinski definition) is 1. The summed E-state index contributed by atoms with van der Waals surface area (Å²) < 4.78 is 0. The maximum absolute atomic E-state index is 10.8. The third-order valence-corrected chi connectivity index (χ3v) is 1.71. The van der Waals surface area contributed by atoms with Crippen LogP contribution in [0.4, 0.5) is 0 Å². The quantitative estimate of drug-likeness (QED) is 0.661. The van der Waals surface area contributed by atoms with Gasteiger partial charge in [0.2, 0.25) is 0 Å². The van der Waals surface area contributed by atoms with Gasteiger partial charge in [-0.1, -0.05) is 32.9 Å². The van der Waals surface area contributed by atoms with Gasteiger partial charge in [-0.05, 0) is 18.8 Å². The highest BCUT2D eigenvalue weighted by Gasteiger charge is 2.24. The molecule has 70 valence electrons. The molecule has 0 saturated carbocycles. The standard InChI is InChI=1S/C10H18O2/c1-7(2)8(9(11)12)6-10(3,4)5/h8H,1,6H2,2-5H3,(H,11,12)/t8-/m1/s1. The Kier molecular flexibility index (Phi) is 3.50. The molecule has 0 aromatic heterocycles. The first kappa shape index (κ1) is 11.2. The Labute approximate surface area is 74.3 Å². The van der Waals surface area contributed by atoms with Crippen LogP contribution >= 0.6 is 0 Å². The Morgan fingerprint density at radius 2 is 1.92 bits per heavy atom. The second-order valence-corrected chi connectivity index (χ2v) is 4.50. The SMILES string of the molecule is C=C(C)[C@@H](CC(C)(C)C)C(=O)O. The maximum Gasteiger partial charge on any atom is 0.310 e. The van der Waals surface area contributed by atoms with E-state index in [-0.39, 0.29) is 5.41 Å². The van der Waals surface area contributed by atoms with Crippen molar-refractivity contribution in [3.8, 4) is 0 Å². The topological polar surface area (TPSA) is 37.3 Å². The summed E-state index contributed by atoms with van der Waals surface area (Å²) in [4.78, 5) is 10.8. The Morgan fingerprint density at radius 3 is 2.00 bits per heavy atom. The molecule has 0 aromatic rings. The lowest BCUT2D eigenvalue weighted by Crippen LogP contribution is -2.21. The molecule has 0 aliphatic carbocycles. The Bertz CT molecular complexity index is 173. The number of carboxylic acids is 1. The summed E-state index contributed by atoms with van der Waals surface area (Å²) in [5.74, 6) is -1.16. The molecule has 12 heavy (non-hydrogen) atoms. The molecule has 0 radical (unpaired) electrons. The van der Waals surface area contributed by atoms with E-state index in [9.17, 15) is 4.79 Å². The number of carbonyl (C=O) groups is 1. The van der Waals surface area contributed by atoms with Crippen LogP contribution in [-0.2, 0) is 4.79 Å². The van der Waals surface area contributed by atoms with Crippen LogP contribution in [0, 0.1) is 11.3 Å². The van der Waals surface area contributed by atoms with Gasteiger partial charge >= 0.3 is 5.97 Å². The maximum atomic E-state index is 10.8. The lowest BCUT2D eigenvalue weighted by molar-refractivity contribution is -0.141. The predicted molar refractivity (Wildman–Crippen MR) is 50.0 cm³/mol. The van der Waals surface area contributed by atoms with Gasteiger partial charge in [-0.25, -0.2) is 0 Å². The van der Waals surface area contributed by atoms with E-state index < -0.39 is 11.9 Å². The first-order chi connectivity index (χ1) is 5.24. The largest absolute Gasteiger partial charge is 0.481 e. The zero-order valence-electron chi connectivity index (χ0n) is 8.35. The first-order valence-corrected chi connectivity index (χ1v) is 4.12. The molecule has 2 heteroatoms. The van der Waals surface area contributed by atoms with Gasteiger partial charge < -0.3 is 5.11 Å². The molecule has 0 aliphatic rings. The van der Waals surface area contributed by atoms with E-state index in [1.165, 1.54) is 0 Å². The first-order valence-electron chi connectivity index (χ1n) is 4.12. The fourth-order valence-electron chi connectivity index (χ4n) is 1.08. The number of carboxylic acid groups (broad SMARTS) is 1. The van der Waals surface area contributed by atoms with E-state index in [0.717, 1.165) is 5.57 Å².